The molecule has 1 aliphatic carbocycles. The molecular weight excluding hydrogens is 312 g/mol. The molecule has 1 aliphatic rings. The van der Waals surface area contributed by atoms with Gasteiger partial charge in [-0.2, -0.15) is 0 Å². The van der Waals surface area contributed by atoms with Crippen LogP contribution < -0.4 is 0 Å². The fourth-order valence-electron chi connectivity index (χ4n) is 4.96. The molecule has 0 N–H and O–H groups in total. The zero-order chi connectivity index (χ0) is 19.2. The van der Waals surface area contributed by atoms with Gasteiger partial charge in [0, 0.05) is 0 Å². The predicted octanol–water partition coefficient (Wildman–Crippen LogP) is 7.68. The highest BCUT2D eigenvalue weighted by Crippen LogP contribution is 2.41. The molecule has 2 aromatic rings. The summed E-state index contributed by atoms with van der Waals surface area (Å²) < 4.78 is 0. The lowest BCUT2D eigenvalue weighted by Gasteiger charge is -2.31. The Bertz CT molecular complexity index is 734. The van der Waals surface area contributed by atoms with Crippen molar-refractivity contribution in [3.05, 3.63) is 68.8 Å². The van der Waals surface area contributed by atoms with E-state index in [1.807, 2.05) is 0 Å². The van der Waals surface area contributed by atoms with E-state index in [1.165, 1.54) is 0 Å². The van der Waals surface area contributed by atoms with Gasteiger partial charge in [-0.25, -0.2) is 0 Å². The van der Waals surface area contributed by atoms with Gasteiger partial charge < -0.3 is 0 Å². The van der Waals surface area contributed by atoms with Gasteiger partial charge in [-0.15, -0.1) is 0 Å². The summed E-state index contributed by atoms with van der Waals surface area (Å²) in [4.78, 5) is 0. The minimum Gasteiger partial charge on any atom is -0.0587 e. The van der Waals surface area contributed by atoms with Crippen molar-refractivity contribution < 1.29 is 0 Å². The average molecular weight is 349 g/mol. The van der Waals surface area contributed by atoms with Crippen LogP contribution in [-0.2, 0) is 12.8 Å². The minimum atomic E-state index is 0.586. The Morgan fingerprint density at radius 3 is 1.12 bits per heavy atom. The summed E-state index contributed by atoms with van der Waals surface area (Å²) in [5.41, 5.74) is 12.7. The van der Waals surface area contributed by atoms with Crippen molar-refractivity contribution in [3.63, 3.8) is 0 Å². The molecule has 0 saturated heterocycles. The summed E-state index contributed by atoms with van der Waals surface area (Å²) >= 11 is 0. The normalized spacial score (nSPS) is 13.7. The third-order valence-electron chi connectivity index (χ3n) is 6.11. The molecular formula is C26H36. The van der Waals surface area contributed by atoms with E-state index in [0.29, 0.717) is 23.7 Å². The topological polar surface area (TPSA) is 0 Å². The van der Waals surface area contributed by atoms with E-state index in [1.54, 1.807) is 44.5 Å². The molecule has 2 aromatic carbocycles. The van der Waals surface area contributed by atoms with Gasteiger partial charge in [0.15, 0.2) is 0 Å². The zero-order valence-corrected chi connectivity index (χ0v) is 18.0. The third kappa shape index (κ3) is 3.24. The summed E-state index contributed by atoms with van der Waals surface area (Å²) in [6, 6.07) is 9.66. The van der Waals surface area contributed by atoms with Crippen molar-refractivity contribution in [2.75, 3.05) is 0 Å². The molecule has 140 valence electrons. The molecule has 0 heterocycles. The summed E-state index contributed by atoms with van der Waals surface area (Å²) in [7, 11) is 0. The van der Waals surface area contributed by atoms with Crippen LogP contribution in [-0.4, -0.2) is 0 Å². The maximum atomic E-state index is 2.42. The molecule has 0 aromatic heterocycles. The molecule has 0 heteroatoms. The molecule has 0 unspecified atom stereocenters. The molecule has 0 fully saturated rings. The third-order valence-corrected chi connectivity index (χ3v) is 6.11. The van der Waals surface area contributed by atoms with Crippen LogP contribution in [0.4, 0.5) is 0 Å². The zero-order valence-electron chi connectivity index (χ0n) is 18.0. The lowest BCUT2D eigenvalue weighted by molar-refractivity contribution is 0.752. The van der Waals surface area contributed by atoms with Crippen LogP contribution in [0.15, 0.2) is 24.3 Å². The van der Waals surface area contributed by atoms with Crippen LogP contribution in [0.25, 0.3) is 0 Å². The van der Waals surface area contributed by atoms with Crippen LogP contribution in [0, 0.1) is 0 Å². The van der Waals surface area contributed by atoms with Gasteiger partial charge in [-0.05, 0) is 81.0 Å². The first-order valence-electron chi connectivity index (χ1n) is 10.5. The van der Waals surface area contributed by atoms with Crippen LogP contribution in [0.1, 0.15) is 124 Å². The Kier molecular flexibility index (Phi) is 5.33. The second-order valence-corrected chi connectivity index (χ2v) is 9.38. The van der Waals surface area contributed by atoms with Gasteiger partial charge in [0.2, 0.25) is 0 Å². The summed E-state index contributed by atoms with van der Waals surface area (Å²) in [6.45, 7) is 18.8. The fourth-order valence-corrected chi connectivity index (χ4v) is 4.96. The Balaban J connectivity index is 2.19. The molecule has 0 spiro atoms. The minimum absolute atomic E-state index is 0.586. The Morgan fingerprint density at radius 1 is 0.500 bits per heavy atom. The van der Waals surface area contributed by atoms with Crippen molar-refractivity contribution in [1.82, 2.24) is 0 Å². The first-order valence-corrected chi connectivity index (χ1v) is 10.5. The molecule has 26 heavy (non-hydrogen) atoms. The highest BCUT2D eigenvalue weighted by molar-refractivity contribution is 5.56. The Morgan fingerprint density at radius 2 is 0.846 bits per heavy atom. The van der Waals surface area contributed by atoms with Gasteiger partial charge in [0.25, 0.3) is 0 Å². The molecule has 0 atom stereocenters. The van der Waals surface area contributed by atoms with E-state index in [2.05, 4.69) is 79.7 Å². The van der Waals surface area contributed by atoms with Crippen molar-refractivity contribution in [1.29, 1.82) is 0 Å². The van der Waals surface area contributed by atoms with Crippen LogP contribution in [0.2, 0.25) is 0 Å². The molecule has 0 saturated carbocycles. The molecule has 0 amide bonds. The monoisotopic (exact) mass is 348 g/mol. The largest absolute Gasteiger partial charge is 0.0587 e. The lowest BCUT2D eigenvalue weighted by Crippen LogP contribution is -2.17. The summed E-state index contributed by atoms with van der Waals surface area (Å²) in [5.74, 6) is 2.36. The summed E-state index contributed by atoms with van der Waals surface area (Å²) in [6.07, 6.45) is 2.22. The fraction of sp³-hybridized carbons (Fsp3) is 0.538. The quantitative estimate of drug-likeness (QED) is 0.453. The second kappa shape index (κ2) is 7.22. The van der Waals surface area contributed by atoms with Crippen molar-refractivity contribution in [2.24, 2.45) is 0 Å². The van der Waals surface area contributed by atoms with Crippen LogP contribution >= 0.6 is 0 Å². The predicted molar refractivity (Wildman–Crippen MR) is 115 cm³/mol. The molecule has 0 nitrogen and oxygen atoms in total. The van der Waals surface area contributed by atoms with E-state index in [0.717, 1.165) is 12.8 Å². The standard InChI is InChI=1S/C26H36/c1-15(2)21-11-9-19-14-24-20(13-23(19)25(21)17(5)6)10-12-22(16(3)4)26(24)18(7)8/h9-12,15-18H,13-14H2,1-8H3. The van der Waals surface area contributed by atoms with E-state index in [-0.39, 0.29) is 0 Å². The molecule has 0 aliphatic heterocycles. The Hall–Kier alpha value is -1.56. The van der Waals surface area contributed by atoms with Gasteiger partial charge in [0.05, 0.1) is 0 Å². The maximum absolute atomic E-state index is 2.42. The van der Waals surface area contributed by atoms with E-state index < -0.39 is 0 Å². The maximum Gasteiger partial charge on any atom is -0.00170 e. The highest BCUT2D eigenvalue weighted by atomic mass is 14.3. The molecule has 0 bridgehead atoms. The number of rotatable bonds is 4. The van der Waals surface area contributed by atoms with E-state index in [9.17, 15) is 0 Å². The van der Waals surface area contributed by atoms with Crippen molar-refractivity contribution >= 4 is 0 Å². The SMILES string of the molecule is CC(C)c1ccc2c(c1C(C)C)Cc1ccc(C(C)C)c(C(C)C)c1C2. The van der Waals surface area contributed by atoms with Crippen molar-refractivity contribution in [2.45, 2.75) is 91.9 Å². The smallest absolute Gasteiger partial charge is 0.00170 e. The number of hydrogen-bond acceptors (Lipinski definition) is 0. The van der Waals surface area contributed by atoms with E-state index in [4.69, 9.17) is 0 Å². The number of hydrogen-bond donors (Lipinski definition) is 0. The first-order chi connectivity index (χ1) is 12.2. The van der Waals surface area contributed by atoms with E-state index >= 15 is 0 Å². The second-order valence-electron chi connectivity index (χ2n) is 9.38. The Labute approximate surface area is 161 Å². The van der Waals surface area contributed by atoms with Crippen molar-refractivity contribution in [3.8, 4) is 0 Å². The van der Waals surface area contributed by atoms with Gasteiger partial charge in [-0.3, -0.25) is 0 Å². The van der Waals surface area contributed by atoms with Gasteiger partial charge in [0.1, 0.15) is 0 Å². The van der Waals surface area contributed by atoms with Crippen LogP contribution in [0.5, 0.6) is 0 Å². The average Bonchev–Trinajstić information content (AvgIpc) is 2.56. The van der Waals surface area contributed by atoms with Gasteiger partial charge >= 0.3 is 0 Å². The van der Waals surface area contributed by atoms with Crippen LogP contribution in [0.3, 0.4) is 0 Å². The summed E-state index contributed by atoms with van der Waals surface area (Å²) in [5, 5.41) is 0. The number of benzene rings is 2. The highest BCUT2D eigenvalue weighted by Gasteiger charge is 2.26. The van der Waals surface area contributed by atoms with Gasteiger partial charge in [-0.1, -0.05) is 79.7 Å². The molecule has 3 rings (SSSR count). The first kappa shape index (κ1) is 19.2. The molecule has 0 radical (unpaired) electrons. The number of fused-ring (bicyclic) bond motifs is 2. The lowest BCUT2D eigenvalue weighted by atomic mass is 9.74.